The zero-order valence-corrected chi connectivity index (χ0v) is 16.0. The molecular formula is C19H20F3N3O2S. The standard InChI is InChI=1S/C19H20F3N3O2S/c1-28(26,27)23-10-11-24-16(12-23)13-25(18-5-3-2-4-17(18)24)15-8-6-14(7-9-15)19(20,21)22/h2-9,16H,10-13H2,1H3. The van der Waals surface area contributed by atoms with Crippen LogP contribution in [0.2, 0.25) is 0 Å². The maximum atomic E-state index is 12.9. The lowest BCUT2D eigenvalue weighted by Crippen LogP contribution is -2.60. The molecule has 28 heavy (non-hydrogen) atoms. The molecule has 0 N–H and O–H groups in total. The minimum atomic E-state index is -4.38. The molecule has 5 nitrogen and oxygen atoms in total. The van der Waals surface area contributed by atoms with Gasteiger partial charge in [0.15, 0.2) is 0 Å². The number of benzene rings is 2. The third-order valence-corrected chi connectivity index (χ3v) is 6.57. The highest BCUT2D eigenvalue weighted by atomic mass is 32.2. The van der Waals surface area contributed by atoms with Gasteiger partial charge in [0, 0.05) is 31.9 Å². The van der Waals surface area contributed by atoms with E-state index >= 15 is 0 Å². The number of nitrogens with zero attached hydrogens (tertiary/aromatic N) is 3. The van der Waals surface area contributed by atoms with Gasteiger partial charge in [-0.05, 0) is 36.4 Å². The molecule has 9 heteroatoms. The quantitative estimate of drug-likeness (QED) is 0.761. The fraction of sp³-hybridized carbons (Fsp3) is 0.368. The molecule has 1 saturated heterocycles. The van der Waals surface area contributed by atoms with Gasteiger partial charge >= 0.3 is 6.18 Å². The maximum Gasteiger partial charge on any atom is 0.416 e. The van der Waals surface area contributed by atoms with Gasteiger partial charge in [0.1, 0.15) is 0 Å². The van der Waals surface area contributed by atoms with E-state index in [1.807, 2.05) is 29.2 Å². The Morgan fingerprint density at radius 2 is 1.57 bits per heavy atom. The highest BCUT2D eigenvalue weighted by molar-refractivity contribution is 7.88. The van der Waals surface area contributed by atoms with Crippen molar-refractivity contribution in [1.82, 2.24) is 4.31 Å². The number of fused-ring (bicyclic) bond motifs is 3. The lowest BCUT2D eigenvalue weighted by molar-refractivity contribution is -0.137. The van der Waals surface area contributed by atoms with E-state index in [1.54, 1.807) is 0 Å². The molecule has 0 spiro atoms. The molecule has 4 rings (SSSR count). The molecule has 0 amide bonds. The van der Waals surface area contributed by atoms with E-state index in [1.165, 1.54) is 22.7 Å². The molecule has 2 aliphatic heterocycles. The fourth-order valence-corrected chi connectivity index (χ4v) is 4.78. The van der Waals surface area contributed by atoms with Crippen LogP contribution in [0, 0.1) is 0 Å². The Hall–Kier alpha value is -2.26. The van der Waals surface area contributed by atoms with E-state index in [4.69, 9.17) is 0 Å². The van der Waals surface area contributed by atoms with Crippen molar-refractivity contribution in [3.8, 4) is 0 Å². The molecule has 0 radical (unpaired) electrons. The summed E-state index contributed by atoms with van der Waals surface area (Å²) in [4.78, 5) is 4.15. The third-order valence-electron chi connectivity index (χ3n) is 5.30. The number of rotatable bonds is 2. The second kappa shape index (κ2) is 6.66. The minimum absolute atomic E-state index is 0.0827. The summed E-state index contributed by atoms with van der Waals surface area (Å²) in [5.41, 5.74) is 1.83. The summed E-state index contributed by atoms with van der Waals surface area (Å²) in [6, 6.07) is 12.7. The number of sulfonamides is 1. The zero-order valence-electron chi connectivity index (χ0n) is 15.2. The number of halogens is 3. The van der Waals surface area contributed by atoms with Crippen molar-refractivity contribution in [3.63, 3.8) is 0 Å². The van der Waals surface area contributed by atoms with Crippen LogP contribution in [-0.2, 0) is 16.2 Å². The number of anilines is 3. The van der Waals surface area contributed by atoms with Gasteiger partial charge in [-0.15, -0.1) is 0 Å². The average molecular weight is 411 g/mol. The van der Waals surface area contributed by atoms with Crippen LogP contribution in [0.25, 0.3) is 0 Å². The van der Waals surface area contributed by atoms with E-state index < -0.39 is 21.8 Å². The van der Waals surface area contributed by atoms with Gasteiger partial charge < -0.3 is 9.80 Å². The summed E-state index contributed by atoms with van der Waals surface area (Å²) in [5, 5.41) is 0. The van der Waals surface area contributed by atoms with Gasteiger partial charge in [-0.25, -0.2) is 8.42 Å². The van der Waals surface area contributed by atoms with E-state index in [-0.39, 0.29) is 6.04 Å². The molecule has 2 heterocycles. The van der Waals surface area contributed by atoms with Crippen molar-refractivity contribution in [2.24, 2.45) is 0 Å². The van der Waals surface area contributed by atoms with Gasteiger partial charge in [0.2, 0.25) is 10.0 Å². The Morgan fingerprint density at radius 3 is 2.18 bits per heavy atom. The van der Waals surface area contributed by atoms with Gasteiger partial charge in [0.25, 0.3) is 0 Å². The summed E-state index contributed by atoms with van der Waals surface area (Å²) in [6.07, 6.45) is -3.18. The van der Waals surface area contributed by atoms with Crippen LogP contribution in [0.3, 0.4) is 0 Å². The number of para-hydroxylation sites is 2. The Kier molecular flexibility index (Phi) is 4.54. The molecule has 0 bridgehead atoms. The summed E-state index contributed by atoms with van der Waals surface area (Å²) < 4.78 is 64.1. The van der Waals surface area contributed by atoms with E-state index in [0.29, 0.717) is 31.9 Å². The van der Waals surface area contributed by atoms with E-state index in [2.05, 4.69) is 4.90 Å². The number of hydrogen-bond donors (Lipinski definition) is 0. The predicted molar refractivity (Wildman–Crippen MR) is 102 cm³/mol. The van der Waals surface area contributed by atoms with Gasteiger partial charge in [0.05, 0.1) is 29.2 Å². The number of alkyl halides is 3. The van der Waals surface area contributed by atoms with Crippen LogP contribution in [-0.4, -0.2) is 51.2 Å². The molecule has 0 saturated carbocycles. The second-order valence-electron chi connectivity index (χ2n) is 7.11. The molecule has 1 unspecified atom stereocenters. The summed E-state index contributed by atoms with van der Waals surface area (Å²) in [6.45, 7) is 1.85. The van der Waals surface area contributed by atoms with Crippen molar-refractivity contribution >= 4 is 27.1 Å². The van der Waals surface area contributed by atoms with E-state index in [0.717, 1.165) is 23.5 Å². The van der Waals surface area contributed by atoms with E-state index in [9.17, 15) is 21.6 Å². The highest BCUT2D eigenvalue weighted by Crippen LogP contribution is 2.41. The molecule has 2 aromatic rings. The Bertz CT molecular complexity index is 977. The first kappa shape index (κ1) is 19.1. The van der Waals surface area contributed by atoms with Crippen LogP contribution in [0.1, 0.15) is 5.56 Å². The first-order valence-corrected chi connectivity index (χ1v) is 10.7. The van der Waals surface area contributed by atoms with Crippen LogP contribution in [0.4, 0.5) is 30.2 Å². The molecule has 2 aromatic carbocycles. The lowest BCUT2D eigenvalue weighted by Gasteiger charge is -2.49. The Morgan fingerprint density at radius 1 is 0.929 bits per heavy atom. The molecule has 2 aliphatic rings. The topological polar surface area (TPSA) is 43.9 Å². The van der Waals surface area contributed by atoms with Crippen molar-refractivity contribution in [2.75, 3.05) is 42.2 Å². The van der Waals surface area contributed by atoms with Gasteiger partial charge in [-0.3, -0.25) is 0 Å². The predicted octanol–water partition coefficient (Wildman–Crippen LogP) is 3.31. The lowest BCUT2D eigenvalue weighted by atomic mass is 10.0. The fourth-order valence-electron chi connectivity index (χ4n) is 3.92. The summed E-state index contributed by atoms with van der Waals surface area (Å²) in [5.74, 6) is 0. The average Bonchev–Trinajstić information content (AvgIpc) is 2.65. The Balaban J connectivity index is 1.70. The van der Waals surface area contributed by atoms with Crippen LogP contribution < -0.4 is 9.80 Å². The minimum Gasteiger partial charge on any atom is -0.362 e. The first-order valence-electron chi connectivity index (χ1n) is 8.90. The van der Waals surface area contributed by atoms with Gasteiger partial charge in [-0.1, -0.05) is 12.1 Å². The largest absolute Gasteiger partial charge is 0.416 e. The van der Waals surface area contributed by atoms with Crippen molar-refractivity contribution in [1.29, 1.82) is 0 Å². The maximum absolute atomic E-state index is 12.9. The zero-order chi connectivity index (χ0) is 20.1. The third kappa shape index (κ3) is 3.44. The van der Waals surface area contributed by atoms with Crippen LogP contribution >= 0.6 is 0 Å². The molecule has 0 aromatic heterocycles. The van der Waals surface area contributed by atoms with Crippen LogP contribution in [0.5, 0.6) is 0 Å². The first-order chi connectivity index (χ1) is 13.1. The Labute approximate surface area is 162 Å². The molecule has 1 fully saturated rings. The number of piperazine rings is 1. The summed E-state index contributed by atoms with van der Waals surface area (Å²) >= 11 is 0. The van der Waals surface area contributed by atoms with Crippen molar-refractivity contribution < 1.29 is 21.6 Å². The molecular weight excluding hydrogens is 391 g/mol. The highest BCUT2D eigenvalue weighted by Gasteiger charge is 2.38. The molecule has 1 atom stereocenters. The van der Waals surface area contributed by atoms with Crippen LogP contribution in [0.15, 0.2) is 48.5 Å². The SMILES string of the molecule is CS(=O)(=O)N1CCN2c3ccccc3N(c3ccc(C(F)(F)F)cc3)CC2C1. The van der Waals surface area contributed by atoms with Crippen molar-refractivity contribution in [3.05, 3.63) is 54.1 Å². The smallest absolute Gasteiger partial charge is 0.362 e. The molecule has 0 aliphatic carbocycles. The summed E-state index contributed by atoms with van der Waals surface area (Å²) in [7, 11) is -3.29. The second-order valence-corrected chi connectivity index (χ2v) is 9.09. The number of hydrogen-bond acceptors (Lipinski definition) is 4. The van der Waals surface area contributed by atoms with Crippen molar-refractivity contribution in [2.45, 2.75) is 12.2 Å². The van der Waals surface area contributed by atoms with Gasteiger partial charge in [-0.2, -0.15) is 17.5 Å². The monoisotopic (exact) mass is 411 g/mol. The normalized spacial score (nSPS) is 20.6. The molecule has 150 valence electrons.